The van der Waals surface area contributed by atoms with E-state index in [2.05, 4.69) is 21.9 Å². The largest absolute Gasteiger partial charge is 0.481 e. The Morgan fingerprint density at radius 1 is 1.03 bits per heavy atom. The number of hydrazine groups is 1. The molecule has 4 rings (SSSR count). The van der Waals surface area contributed by atoms with Crippen molar-refractivity contribution in [2.75, 3.05) is 0 Å². The number of ether oxygens (including phenoxy) is 1. The highest BCUT2D eigenvalue weighted by Crippen LogP contribution is 2.35. The van der Waals surface area contributed by atoms with E-state index in [0.29, 0.717) is 22.2 Å². The van der Waals surface area contributed by atoms with Crippen LogP contribution >= 0.6 is 35.0 Å². The molecule has 1 saturated heterocycles. The molecule has 3 aromatic carbocycles. The molecule has 1 aliphatic rings. The average molecular weight is 542 g/mol. The number of carbonyl (C=O) groups is 1. The number of allylic oxidation sites excluding steroid dienone is 1. The monoisotopic (exact) mass is 541 g/mol. The maximum Gasteiger partial charge on any atom is 0.303 e. The van der Waals surface area contributed by atoms with Gasteiger partial charge in [-0.25, -0.2) is 10.4 Å². The predicted octanol–water partition coefficient (Wildman–Crippen LogP) is 7.97. The number of hydrogen-bond donors (Lipinski definition) is 3. The number of nitrogens with one attached hydrogen (secondary N) is 2. The number of thioether (sulfide) groups is 1. The molecule has 0 saturated carbocycles. The summed E-state index contributed by atoms with van der Waals surface area (Å²) in [7, 11) is 0. The molecule has 0 radical (unpaired) electrons. The maximum absolute atomic E-state index is 10.6. The van der Waals surface area contributed by atoms with E-state index in [1.807, 2.05) is 60.7 Å². The van der Waals surface area contributed by atoms with E-state index in [1.165, 1.54) is 0 Å². The summed E-state index contributed by atoms with van der Waals surface area (Å²) in [6, 6.07) is 21.0. The van der Waals surface area contributed by atoms with Crippen LogP contribution in [0.3, 0.4) is 0 Å². The van der Waals surface area contributed by atoms with E-state index in [9.17, 15) is 4.79 Å². The molecule has 9 heteroatoms. The lowest BCUT2D eigenvalue weighted by Crippen LogP contribution is -2.27. The summed E-state index contributed by atoms with van der Waals surface area (Å²) in [5, 5.41) is 10.4. The van der Waals surface area contributed by atoms with Gasteiger partial charge in [-0.1, -0.05) is 71.4 Å². The maximum atomic E-state index is 10.6. The Bertz CT molecular complexity index is 1280. The summed E-state index contributed by atoms with van der Waals surface area (Å²) < 4.78 is 6.12. The molecule has 0 aromatic heterocycles. The van der Waals surface area contributed by atoms with Crippen LogP contribution in [0.1, 0.15) is 42.2 Å². The Labute approximate surface area is 224 Å². The second-order valence-electron chi connectivity index (χ2n) is 8.07. The van der Waals surface area contributed by atoms with Gasteiger partial charge in [0.2, 0.25) is 0 Å². The van der Waals surface area contributed by atoms with Crippen molar-refractivity contribution < 1.29 is 14.6 Å². The number of amidine groups is 1. The van der Waals surface area contributed by atoms with Gasteiger partial charge in [0.1, 0.15) is 16.9 Å². The first-order chi connectivity index (χ1) is 17.5. The van der Waals surface area contributed by atoms with Gasteiger partial charge in [0.05, 0.1) is 15.7 Å². The normalized spacial score (nSPS) is 16.4. The second kappa shape index (κ2) is 12.8. The number of aliphatic carboxylic acids is 1. The topological polar surface area (TPSA) is 83.0 Å². The number of unbranched alkanes of at least 4 members (excludes halogenated alkanes) is 2. The molecule has 0 amide bonds. The molecule has 0 bridgehead atoms. The molecule has 3 aromatic rings. The first-order valence-electron chi connectivity index (χ1n) is 11.4. The molecular formula is C27H25Cl2N3O3S. The van der Waals surface area contributed by atoms with E-state index in [0.717, 1.165) is 40.6 Å². The summed E-state index contributed by atoms with van der Waals surface area (Å²) in [6.07, 6.45) is 6.70. The summed E-state index contributed by atoms with van der Waals surface area (Å²) in [6.45, 7) is 0. The minimum absolute atomic E-state index is 0.0366. The van der Waals surface area contributed by atoms with Gasteiger partial charge in [-0.2, -0.15) is 0 Å². The zero-order chi connectivity index (χ0) is 25.3. The van der Waals surface area contributed by atoms with Crippen molar-refractivity contribution in [2.24, 2.45) is 4.99 Å². The van der Waals surface area contributed by atoms with Gasteiger partial charge in [-0.05, 0) is 72.9 Å². The van der Waals surface area contributed by atoms with Crippen molar-refractivity contribution in [3.8, 4) is 11.5 Å². The molecule has 1 atom stereocenters. The van der Waals surface area contributed by atoms with Crippen LogP contribution in [0, 0.1) is 0 Å². The summed E-state index contributed by atoms with van der Waals surface area (Å²) in [4.78, 5) is 15.2. The zero-order valence-corrected chi connectivity index (χ0v) is 21.6. The number of hydrogen-bond acceptors (Lipinski definition) is 5. The number of aliphatic imine (C=N–C) groups is 1. The lowest BCUT2D eigenvalue weighted by atomic mass is 10.1. The third-order valence-electron chi connectivity index (χ3n) is 5.25. The van der Waals surface area contributed by atoms with Gasteiger partial charge >= 0.3 is 5.97 Å². The number of carboxylic acid groups (broad SMARTS) is 1. The molecular weight excluding hydrogens is 517 g/mol. The predicted molar refractivity (Wildman–Crippen MR) is 148 cm³/mol. The summed E-state index contributed by atoms with van der Waals surface area (Å²) >= 11 is 13.6. The molecule has 1 fully saturated rings. The standard InChI is InChI=1S/C27H25Cl2N3O3S/c28-23-14-13-20(17-24(23)29)30-27-32-31-26(36-27)19-9-6-11-22(16-19)35-21-10-5-8-18(15-21)7-3-1-2-4-12-25(33)34/h3,5-11,13-17,26,31H,1-2,4,12H2,(H,30,32)(H,33,34). The van der Waals surface area contributed by atoms with Gasteiger partial charge in [0.25, 0.3) is 0 Å². The van der Waals surface area contributed by atoms with E-state index in [1.54, 1.807) is 23.9 Å². The van der Waals surface area contributed by atoms with Crippen LogP contribution in [-0.4, -0.2) is 16.2 Å². The first-order valence-corrected chi connectivity index (χ1v) is 13.1. The van der Waals surface area contributed by atoms with Crippen LogP contribution in [0.5, 0.6) is 11.5 Å². The fourth-order valence-electron chi connectivity index (χ4n) is 3.49. The lowest BCUT2D eigenvalue weighted by Gasteiger charge is -2.11. The van der Waals surface area contributed by atoms with Gasteiger partial charge in [0, 0.05) is 6.42 Å². The van der Waals surface area contributed by atoms with Gasteiger partial charge < -0.3 is 9.84 Å². The number of rotatable bonds is 10. The van der Waals surface area contributed by atoms with E-state index in [4.69, 9.17) is 33.0 Å². The minimum atomic E-state index is -0.747. The fraction of sp³-hybridized carbons (Fsp3) is 0.185. The van der Waals surface area contributed by atoms with Crippen LogP contribution in [0.15, 0.2) is 77.8 Å². The third kappa shape index (κ3) is 7.77. The summed E-state index contributed by atoms with van der Waals surface area (Å²) in [5.41, 5.74) is 9.14. The lowest BCUT2D eigenvalue weighted by molar-refractivity contribution is -0.137. The van der Waals surface area contributed by atoms with Gasteiger partial charge in [0.15, 0.2) is 5.17 Å². The van der Waals surface area contributed by atoms with Crippen molar-refractivity contribution >= 4 is 57.9 Å². The molecule has 3 N–H and O–H groups in total. The van der Waals surface area contributed by atoms with Gasteiger partial charge in [-0.15, -0.1) is 0 Å². The molecule has 36 heavy (non-hydrogen) atoms. The van der Waals surface area contributed by atoms with Crippen molar-refractivity contribution in [3.05, 3.63) is 94.0 Å². The van der Waals surface area contributed by atoms with Crippen LogP contribution in [0.4, 0.5) is 5.69 Å². The molecule has 1 aliphatic heterocycles. The van der Waals surface area contributed by atoms with Crippen molar-refractivity contribution in [3.63, 3.8) is 0 Å². The first kappa shape index (κ1) is 26.1. The Balaban J connectivity index is 1.35. The molecule has 1 heterocycles. The highest BCUT2D eigenvalue weighted by Gasteiger charge is 2.22. The molecule has 0 aliphatic carbocycles. The number of benzene rings is 3. The molecule has 1 unspecified atom stereocenters. The highest BCUT2D eigenvalue weighted by molar-refractivity contribution is 8.14. The Kier molecular flexibility index (Phi) is 9.30. The van der Waals surface area contributed by atoms with E-state index >= 15 is 0 Å². The zero-order valence-electron chi connectivity index (χ0n) is 19.3. The molecule has 186 valence electrons. The number of nitrogens with zero attached hydrogens (tertiary/aromatic N) is 1. The van der Waals surface area contributed by atoms with E-state index in [-0.39, 0.29) is 11.8 Å². The second-order valence-corrected chi connectivity index (χ2v) is 9.98. The quantitative estimate of drug-likeness (QED) is 0.226. The van der Waals surface area contributed by atoms with Crippen molar-refractivity contribution in [2.45, 2.75) is 31.1 Å². The van der Waals surface area contributed by atoms with E-state index < -0.39 is 5.97 Å². The smallest absolute Gasteiger partial charge is 0.303 e. The average Bonchev–Trinajstić information content (AvgIpc) is 3.32. The Morgan fingerprint density at radius 2 is 1.83 bits per heavy atom. The summed E-state index contributed by atoms with van der Waals surface area (Å²) in [5.74, 6) is 0.732. The SMILES string of the molecule is O=C(O)CCCCC=Cc1cccc(Oc2cccc(C3NNC(=Nc4ccc(Cl)c(Cl)c4)S3)c2)c1. The van der Waals surface area contributed by atoms with Crippen molar-refractivity contribution in [1.82, 2.24) is 10.9 Å². The van der Waals surface area contributed by atoms with Gasteiger partial charge in [-0.3, -0.25) is 10.2 Å². The third-order valence-corrected chi connectivity index (χ3v) is 7.03. The van der Waals surface area contributed by atoms with Crippen LogP contribution < -0.4 is 15.6 Å². The Morgan fingerprint density at radius 3 is 2.64 bits per heavy atom. The van der Waals surface area contributed by atoms with Crippen LogP contribution in [0.2, 0.25) is 10.0 Å². The minimum Gasteiger partial charge on any atom is -0.481 e. The fourth-order valence-corrected chi connectivity index (χ4v) is 4.68. The van der Waals surface area contributed by atoms with Crippen LogP contribution in [-0.2, 0) is 4.79 Å². The molecule has 6 nitrogen and oxygen atoms in total. The number of carboxylic acids is 1. The highest BCUT2D eigenvalue weighted by atomic mass is 35.5. The van der Waals surface area contributed by atoms with Crippen molar-refractivity contribution in [1.29, 1.82) is 0 Å². The molecule has 0 spiro atoms. The number of halogens is 2. The van der Waals surface area contributed by atoms with Crippen LogP contribution in [0.25, 0.3) is 6.08 Å². The Hall–Kier alpha value is -2.97.